The number of nitro benzene ring substituents is 1. The molecule has 2 aromatic rings. The van der Waals surface area contributed by atoms with Crippen molar-refractivity contribution in [1.29, 1.82) is 0 Å². The third-order valence-corrected chi connectivity index (χ3v) is 4.21. The minimum atomic E-state index is -3.73. The lowest BCUT2D eigenvalue weighted by Gasteiger charge is -2.07. The van der Waals surface area contributed by atoms with E-state index in [1.54, 1.807) is 12.1 Å². The number of rotatable bonds is 4. The average molecular weight is 356 g/mol. The van der Waals surface area contributed by atoms with Crippen molar-refractivity contribution in [3.8, 4) is 5.75 Å². The zero-order chi connectivity index (χ0) is 17.2. The summed E-state index contributed by atoms with van der Waals surface area (Å²) in [6.07, 6.45) is 0.884. The first kappa shape index (κ1) is 16.9. The maximum absolute atomic E-state index is 12.1. The topological polar surface area (TPSA) is 104 Å². The monoisotopic (exact) mass is 355 g/mol. The Hall–Kier alpha value is -2.45. The molecule has 0 aliphatic rings. The van der Waals surface area contributed by atoms with Crippen molar-refractivity contribution in [2.45, 2.75) is 4.90 Å². The lowest BCUT2D eigenvalue weighted by molar-refractivity contribution is -0.385. The molecule has 0 heterocycles. The molecule has 23 heavy (non-hydrogen) atoms. The minimum Gasteiger partial charge on any atom is -0.421 e. The smallest absolute Gasteiger partial charge is 0.343 e. The van der Waals surface area contributed by atoms with Gasteiger partial charge in [-0.05, 0) is 18.2 Å². The molecule has 0 fully saturated rings. The van der Waals surface area contributed by atoms with Gasteiger partial charge in [-0.3, -0.25) is 10.1 Å². The van der Waals surface area contributed by atoms with Crippen molar-refractivity contribution < 1.29 is 22.9 Å². The van der Waals surface area contributed by atoms with Crippen molar-refractivity contribution >= 4 is 33.1 Å². The van der Waals surface area contributed by atoms with Crippen LogP contribution in [0.1, 0.15) is 10.4 Å². The summed E-state index contributed by atoms with van der Waals surface area (Å²) in [6.45, 7) is 0. The van der Waals surface area contributed by atoms with Crippen LogP contribution in [0.3, 0.4) is 0 Å². The Bertz CT molecular complexity index is 894. The number of non-ortho nitro benzene ring substituents is 1. The van der Waals surface area contributed by atoms with Gasteiger partial charge in [0.2, 0.25) is 0 Å². The SMILES string of the molecule is CS(=O)(=O)c1cc(C(=O)Oc2ccccc2Cl)cc([N+](=O)[O-])c1. The van der Waals surface area contributed by atoms with Gasteiger partial charge in [0.25, 0.3) is 5.69 Å². The number of carbonyl (C=O) groups excluding carboxylic acids is 1. The van der Waals surface area contributed by atoms with Crippen LogP contribution >= 0.6 is 11.6 Å². The lowest BCUT2D eigenvalue weighted by Crippen LogP contribution is -2.11. The third-order valence-electron chi connectivity index (χ3n) is 2.81. The summed E-state index contributed by atoms with van der Waals surface area (Å²) in [4.78, 5) is 21.9. The molecule has 2 aromatic carbocycles. The largest absolute Gasteiger partial charge is 0.421 e. The van der Waals surface area contributed by atoms with E-state index in [-0.39, 0.29) is 21.2 Å². The van der Waals surface area contributed by atoms with Gasteiger partial charge in [0.1, 0.15) is 5.75 Å². The zero-order valence-electron chi connectivity index (χ0n) is 11.7. The molecule has 0 amide bonds. The number of nitro groups is 1. The summed E-state index contributed by atoms with van der Waals surface area (Å²) in [6, 6.07) is 8.99. The second-order valence-corrected chi connectivity index (χ2v) is 6.99. The summed E-state index contributed by atoms with van der Waals surface area (Å²) in [5.41, 5.74) is -0.793. The van der Waals surface area contributed by atoms with E-state index in [9.17, 15) is 23.3 Å². The summed E-state index contributed by atoms with van der Waals surface area (Å²) in [5, 5.41) is 11.1. The molecular formula is C14H10ClNO6S. The quantitative estimate of drug-likeness (QED) is 0.361. The van der Waals surface area contributed by atoms with Gasteiger partial charge >= 0.3 is 5.97 Å². The van der Waals surface area contributed by atoms with Gasteiger partial charge in [-0.2, -0.15) is 0 Å². The number of nitrogens with zero attached hydrogens (tertiary/aromatic N) is 1. The molecule has 0 saturated heterocycles. The van der Waals surface area contributed by atoms with Crippen LogP contribution in [0.4, 0.5) is 5.69 Å². The van der Waals surface area contributed by atoms with E-state index >= 15 is 0 Å². The van der Waals surface area contributed by atoms with Crippen molar-refractivity contribution in [3.05, 3.63) is 63.2 Å². The van der Waals surface area contributed by atoms with Crippen LogP contribution in [-0.2, 0) is 9.84 Å². The number of para-hydroxylation sites is 1. The van der Waals surface area contributed by atoms with Gasteiger partial charge in [0, 0.05) is 18.4 Å². The molecule has 120 valence electrons. The predicted octanol–water partition coefficient (Wildman–Crippen LogP) is 2.87. The molecule has 0 aliphatic heterocycles. The van der Waals surface area contributed by atoms with Crippen LogP contribution in [0, 0.1) is 10.1 Å². The molecule has 0 unspecified atom stereocenters. The molecule has 0 spiro atoms. The molecule has 2 rings (SSSR count). The van der Waals surface area contributed by atoms with Gasteiger partial charge in [-0.1, -0.05) is 23.7 Å². The highest BCUT2D eigenvalue weighted by atomic mass is 35.5. The Kier molecular flexibility index (Phi) is 4.67. The van der Waals surface area contributed by atoms with E-state index in [4.69, 9.17) is 16.3 Å². The Balaban J connectivity index is 2.46. The number of ether oxygens (including phenoxy) is 1. The van der Waals surface area contributed by atoms with Crippen LogP contribution in [0.5, 0.6) is 5.75 Å². The van der Waals surface area contributed by atoms with E-state index in [0.29, 0.717) is 0 Å². The fourth-order valence-electron chi connectivity index (χ4n) is 1.71. The van der Waals surface area contributed by atoms with Gasteiger partial charge in [-0.25, -0.2) is 13.2 Å². The molecule has 0 aliphatic carbocycles. The zero-order valence-corrected chi connectivity index (χ0v) is 13.3. The summed E-state index contributed by atoms with van der Waals surface area (Å²) >= 11 is 5.86. The fourth-order valence-corrected chi connectivity index (χ4v) is 2.56. The molecule has 0 saturated carbocycles. The van der Waals surface area contributed by atoms with E-state index in [1.165, 1.54) is 12.1 Å². The molecule has 0 aromatic heterocycles. The first-order valence-electron chi connectivity index (χ1n) is 6.15. The van der Waals surface area contributed by atoms with Crippen LogP contribution in [-0.4, -0.2) is 25.6 Å². The normalized spacial score (nSPS) is 11.0. The predicted molar refractivity (Wildman–Crippen MR) is 82.6 cm³/mol. The number of esters is 1. The molecule has 0 bridgehead atoms. The Morgan fingerprint density at radius 3 is 2.43 bits per heavy atom. The number of benzene rings is 2. The lowest BCUT2D eigenvalue weighted by atomic mass is 10.2. The second kappa shape index (κ2) is 6.35. The molecule has 0 N–H and O–H groups in total. The Morgan fingerprint density at radius 1 is 1.22 bits per heavy atom. The summed E-state index contributed by atoms with van der Waals surface area (Å²) in [5.74, 6) is -0.890. The van der Waals surface area contributed by atoms with Gasteiger partial charge in [0.05, 0.1) is 20.4 Å². The van der Waals surface area contributed by atoms with Crippen molar-refractivity contribution in [2.24, 2.45) is 0 Å². The van der Waals surface area contributed by atoms with Crippen molar-refractivity contribution in [3.63, 3.8) is 0 Å². The standard InChI is InChI=1S/C14H10ClNO6S/c1-23(20,21)11-7-9(6-10(8-11)16(18)19)14(17)22-13-5-3-2-4-12(13)15/h2-8H,1H3. The second-order valence-electron chi connectivity index (χ2n) is 4.56. The number of sulfone groups is 1. The average Bonchev–Trinajstić information content (AvgIpc) is 2.48. The summed E-state index contributed by atoms with van der Waals surface area (Å²) < 4.78 is 28.2. The molecule has 7 nitrogen and oxygen atoms in total. The first-order valence-corrected chi connectivity index (χ1v) is 8.41. The molecule has 0 radical (unpaired) electrons. The Labute approximate surface area is 136 Å². The van der Waals surface area contributed by atoms with Gasteiger partial charge < -0.3 is 4.74 Å². The third kappa shape index (κ3) is 4.05. The fraction of sp³-hybridized carbons (Fsp3) is 0.0714. The summed E-state index contributed by atoms with van der Waals surface area (Å²) in [7, 11) is -3.73. The highest BCUT2D eigenvalue weighted by molar-refractivity contribution is 7.90. The Morgan fingerprint density at radius 2 is 1.87 bits per heavy atom. The molecule has 9 heteroatoms. The van der Waals surface area contributed by atoms with Crippen LogP contribution in [0.25, 0.3) is 0 Å². The first-order chi connectivity index (χ1) is 10.7. The highest BCUT2D eigenvalue weighted by Crippen LogP contribution is 2.26. The van der Waals surface area contributed by atoms with Crippen molar-refractivity contribution in [1.82, 2.24) is 0 Å². The van der Waals surface area contributed by atoms with E-state index in [2.05, 4.69) is 0 Å². The number of hydrogen-bond acceptors (Lipinski definition) is 6. The van der Waals surface area contributed by atoms with Crippen LogP contribution < -0.4 is 4.74 Å². The van der Waals surface area contributed by atoms with Crippen molar-refractivity contribution in [2.75, 3.05) is 6.26 Å². The van der Waals surface area contributed by atoms with Crippen LogP contribution in [0.2, 0.25) is 5.02 Å². The number of halogens is 1. The minimum absolute atomic E-state index is 0.0616. The van der Waals surface area contributed by atoms with Crippen LogP contribution in [0.15, 0.2) is 47.4 Å². The van der Waals surface area contributed by atoms with E-state index in [0.717, 1.165) is 24.5 Å². The van der Waals surface area contributed by atoms with Gasteiger partial charge in [-0.15, -0.1) is 0 Å². The van der Waals surface area contributed by atoms with E-state index in [1.807, 2.05) is 0 Å². The van der Waals surface area contributed by atoms with E-state index < -0.39 is 26.4 Å². The molecular weight excluding hydrogens is 346 g/mol. The number of hydrogen-bond donors (Lipinski definition) is 0. The van der Waals surface area contributed by atoms with Gasteiger partial charge in [0.15, 0.2) is 9.84 Å². The highest BCUT2D eigenvalue weighted by Gasteiger charge is 2.20. The molecule has 0 atom stereocenters. The number of carbonyl (C=O) groups is 1. The maximum atomic E-state index is 12.1. The maximum Gasteiger partial charge on any atom is 0.343 e.